The third-order valence-corrected chi connectivity index (χ3v) is 6.57. The van der Waals surface area contributed by atoms with E-state index >= 15 is 0 Å². The molecule has 1 aliphatic heterocycles. The van der Waals surface area contributed by atoms with Crippen LogP contribution in [0.3, 0.4) is 0 Å². The molecule has 1 aromatic carbocycles. The second-order valence-electron chi connectivity index (χ2n) is 8.85. The van der Waals surface area contributed by atoms with Crippen LogP contribution < -0.4 is 0 Å². The lowest BCUT2D eigenvalue weighted by Gasteiger charge is -2.51. The van der Waals surface area contributed by atoms with Gasteiger partial charge in [-0.05, 0) is 39.3 Å². The largest absolute Gasteiger partial charge is 0.469 e. The number of rotatable bonds is 10. The van der Waals surface area contributed by atoms with Crippen LogP contribution in [0, 0.1) is 17.2 Å². The topological polar surface area (TPSA) is 71.8 Å². The Morgan fingerprint density at radius 3 is 2.58 bits per heavy atom. The predicted octanol–water partition coefficient (Wildman–Crippen LogP) is 4.85. The summed E-state index contributed by atoms with van der Waals surface area (Å²) in [6, 6.07) is 12.5. The second-order valence-corrected chi connectivity index (χ2v) is 8.85. The molecular weight excluding hydrogens is 392 g/mol. The molecule has 172 valence electrons. The van der Waals surface area contributed by atoms with Gasteiger partial charge in [-0.3, -0.25) is 9.69 Å². The molecule has 1 aliphatic rings. The highest BCUT2D eigenvalue weighted by Gasteiger charge is 2.49. The fourth-order valence-electron chi connectivity index (χ4n) is 4.66. The molecular formula is C25H38N2O4. The first-order chi connectivity index (χ1) is 14.7. The number of esters is 1. The van der Waals surface area contributed by atoms with Crippen LogP contribution in [0.1, 0.15) is 71.5 Å². The first kappa shape index (κ1) is 25.3. The van der Waals surface area contributed by atoms with E-state index in [9.17, 15) is 10.1 Å². The number of carbonyl (C=O) groups excluding carboxylic acids is 1. The van der Waals surface area contributed by atoms with Crippen LogP contribution in [-0.2, 0) is 19.0 Å². The van der Waals surface area contributed by atoms with E-state index in [1.54, 1.807) is 0 Å². The summed E-state index contributed by atoms with van der Waals surface area (Å²) in [6.45, 7) is 8.40. The number of ether oxygens (including phenoxy) is 3. The maximum Gasteiger partial charge on any atom is 0.305 e. The summed E-state index contributed by atoms with van der Waals surface area (Å²) in [6.07, 6.45) is 3.30. The molecule has 0 unspecified atom stereocenters. The number of unbranched alkanes of at least 4 members (excludes halogenated alkanes) is 1. The molecule has 0 bridgehead atoms. The number of nitrogens with zero attached hydrogens (tertiary/aromatic N) is 2. The van der Waals surface area contributed by atoms with Gasteiger partial charge in [0.15, 0.2) is 5.79 Å². The molecule has 1 fully saturated rings. The van der Waals surface area contributed by atoms with Crippen molar-refractivity contribution in [3.8, 4) is 6.07 Å². The fourth-order valence-corrected chi connectivity index (χ4v) is 4.66. The Morgan fingerprint density at radius 1 is 1.35 bits per heavy atom. The quantitative estimate of drug-likeness (QED) is 0.494. The minimum atomic E-state index is -0.838. The molecule has 1 saturated heterocycles. The average molecular weight is 431 g/mol. The van der Waals surface area contributed by atoms with Gasteiger partial charge in [0.25, 0.3) is 0 Å². The summed E-state index contributed by atoms with van der Waals surface area (Å²) in [5, 5.41) is 10.5. The van der Waals surface area contributed by atoms with E-state index in [4.69, 9.17) is 14.2 Å². The van der Waals surface area contributed by atoms with Gasteiger partial charge >= 0.3 is 5.97 Å². The van der Waals surface area contributed by atoms with Gasteiger partial charge in [-0.2, -0.15) is 5.26 Å². The molecule has 1 aromatic rings. The Kier molecular flexibility index (Phi) is 9.05. The van der Waals surface area contributed by atoms with Crippen molar-refractivity contribution in [1.29, 1.82) is 5.26 Å². The minimum Gasteiger partial charge on any atom is -0.469 e. The summed E-state index contributed by atoms with van der Waals surface area (Å²) in [7, 11) is 3.37. The van der Waals surface area contributed by atoms with Gasteiger partial charge in [0.05, 0.1) is 32.2 Å². The maximum absolute atomic E-state index is 12.2. The van der Waals surface area contributed by atoms with Crippen molar-refractivity contribution < 1.29 is 19.0 Å². The highest BCUT2D eigenvalue weighted by atomic mass is 16.7. The zero-order valence-corrected chi connectivity index (χ0v) is 19.9. The van der Waals surface area contributed by atoms with Gasteiger partial charge in [0.1, 0.15) is 11.6 Å². The Morgan fingerprint density at radius 2 is 2.03 bits per heavy atom. The first-order valence-electron chi connectivity index (χ1n) is 11.3. The van der Waals surface area contributed by atoms with E-state index in [1.807, 2.05) is 46.0 Å². The number of methoxy groups -OCH3 is 1. The summed E-state index contributed by atoms with van der Waals surface area (Å²) < 4.78 is 17.4. The zero-order chi connectivity index (χ0) is 23.1. The number of benzene rings is 1. The van der Waals surface area contributed by atoms with E-state index in [-0.39, 0.29) is 30.5 Å². The molecule has 0 aliphatic carbocycles. The van der Waals surface area contributed by atoms with Crippen LogP contribution in [0.2, 0.25) is 0 Å². The molecule has 6 nitrogen and oxygen atoms in total. The molecule has 4 atom stereocenters. The average Bonchev–Trinajstić information content (AvgIpc) is 2.78. The van der Waals surface area contributed by atoms with E-state index in [0.717, 1.165) is 24.8 Å². The second kappa shape index (κ2) is 11.1. The third-order valence-electron chi connectivity index (χ3n) is 6.57. The van der Waals surface area contributed by atoms with Crippen LogP contribution in [0.15, 0.2) is 30.3 Å². The monoisotopic (exact) mass is 430 g/mol. The van der Waals surface area contributed by atoms with E-state index < -0.39 is 11.3 Å². The molecule has 0 amide bonds. The SMILES string of the molecule is CCCC[C@H](CC(=O)OC)[C@@](C#N)(CC)N(C)[C@H]1COC(C)(C)O[C@H]1c1ccccc1. The van der Waals surface area contributed by atoms with Crippen molar-refractivity contribution in [2.45, 2.75) is 83.3 Å². The van der Waals surface area contributed by atoms with E-state index in [2.05, 4.69) is 30.0 Å². The van der Waals surface area contributed by atoms with Crippen molar-refractivity contribution in [2.75, 3.05) is 20.8 Å². The van der Waals surface area contributed by atoms with Gasteiger partial charge in [0.2, 0.25) is 0 Å². The molecule has 0 aromatic heterocycles. The Balaban J connectivity index is 2.45. The lowest BCUT2D eigenvalue weighted by Crippen LogP contribution is -2.61. The number of likely N-dealkylation sites (N-methyl/N-ethyl adjacent to an activating group) is 1. The van der Waals surface area contributed by atoms with Crippen molar-refractivity contribution >= 4 is 5.97 Å². The van der Waals surface area contributed by atoms with Crippen LogP contribution in [0.4, 0.5) is 0 Å². The summed E-state index contributed by atoms with van der Waals surface area (Å²) >= 11 is 0. The standard InChI is InChI=1S/C25H38N2O4/c1-7-9-15-20(16-22(28)29-6)25(8-2,18-26)27(5)21-17-30-24(3,4)31-23(21)19-13-11-10-12-14-19/h10-14,20-21,23H,7-9,15-17H2,1-6H3/t20-,21+,23+,25+/m1/s1. The predicted molar refractivity (Wildman–Crippen MR) is 120 cm³/mol. The van der Waals surface area contributed by atoms with Gasteiger partial charge in [-0.1, -0.05) is 57.0 Å². The highest BCUT2D eigenvalue weighted by molar-refractivity contribution is 5.69. The number of carbonyl (C=O) groups is 1. The third kappa shape index (κ3) is 5.85. The minimum absolute atomic E-state index is 0.147. The normalized spacial score (nSPS) is 23.5. The Hall–Kier alpha value is -1.94. The first-order valence-corrected chi connectivity index (χ1v) is 11.3. The summed E-state index contributed by atoms with van der Waals surface area (Å²) in [5.41, 5.74) is 0.215. The summed E-state index contributed by atoms with van der Waals surface area (Å²) in [5.74, 6) is -1.14. The molecule has 6 heteroatoms. The molecule has 0 spiro atoms. The number of nitriles is 1. The van der Waals surface area contributed by atoms with Crippen LogP contribution in [0.25, 0.3) is 0 Å². The van der Waals surface area contributed by atoms with E-state index in [1.165, 1.54) is 7.11 Å². The Labute approximate surface area is 187 Å². The van der Waals surface area contributed by atoms with Crippen LogP contribution in [0.5, 0.6) is 0 Å². The van der Waals surface area contributed by atoms with Gasteiger partial charge in [-0.25, -0.2) is 0 Å². The van der Waals surface area contributed by atoms with Crippen molar-refractivity contribution in [3.63, 3.8) is 0 Å². The lowest BCUT2D eigenvalue weighted by atomic mass is 9.75. The van der Waals surface area contributed by atoms with Crippen LogP contribution >= 0.6 is 0 Å². The molecule has 1 heterocycles. The number of hydrogen-bond acceptors (Lipinski definition) is 6. The molecule has 0 saturated carbocycles. The van der Waals surface area contributed by atoms with Gasteiger partial charge in [0, 0.05) is 5.92 Å². The van der Waals surface area contributed by atoms with Crippen molar-refractivity contribution in [2.24, 2.45) is 5.92 Å². The van der Waals surface area contributed by atoms with Crippen molar-refractivity contribution in [1.82, 2.24) is 4.90 Å². The fraction of sp³-hybridized carbons (Fsp3) is 0.680. The Bertz CT molecular complexity index is 746. The molecule has 0 radical (unpaired) electrons. The van der Waals surface area contributed by atoms with Crippen molar-refractivity contribution in [3.05, 3.63) is 35.9 Å². The van der Waals surface area contributed by atoms with E-state index in [0.29, 0.717) is 13.0 Å². The molecule has 2 rings (SSSR count). The number of hydrogen-bond donors (Lipinski definition) is 0. The van der Waals surface area contributed by atoms with Gasteiger partial charge in [-0.15, -0.1) is 0 Å². The molecule has 0 N–H and O–H groups in total. The maximum atomic E-state index is 12.2. The molecule has 31 heavy (non-hydrogen) atoms. The zero-order valence-electron chi connectivity index (χ0n) is 19.9. The highest BCUT2D eigenvalue weighted by Crippen LogP contribution is 2.41. The van der Waals surface area contributed by atoms with Gasteiger partial charge < -0.3 is 14.2 Å². The van der Waals surface area contributed by atoms with Crippen LogP contribution in [-0.4, -0.2) is 49.0 Å². The smallest absolute Gasteiger partial charge is 0.305 e. The summed E-state index contributed by atoms with van der Waals surface area (Å²) in [4.78, 5) is 14.3. The lowest BCUT2D eigenvalue weighted by molar-refractivity contribution is -0.300.